The number of hydrogen-bond donors (Lipinski definition) is 1. The van der Waals surface area contributed by atoms with Gasteiger partial charge in [0, 0.05) is 10.2 Å². The highest BCUT2D eigenvalue weighted by Gasteiger charge is 2.20. The van der Waals surface area contributed by atoms with Crippen molar-refractivity contribution >= 4 is 50.4 Å². The van der Waals surface area contributed by atoms with Crippen LogP contribution in [0.15, 0.2) is 28.7 Å². The number of hydrogen-bond acceptors (Lipinski definition) is 4. The lowest BCUT2D eigenvalue weighted by molar-refractivity contribution is 0.146. The lowest BCUT2D eigenvalue weighted by Gasteiger charge is -2.07. The number of nitrogens with one attached hydrogen (secondary N) is 1. The van der Waals surface area contributed by atoms with Crippen molar-refractivity contribution in [3.05, 3.63) is 39.3 Å². The molecule has 1 heterocycles. The summed E-state index contributed by atoms with van der Waals surface area (Å²) >= 11 is 9.24. The van der Waals surface area contributed by atoms with Crippen molar-refractivity contribution in [3.63, 3.8) is 0 Å². The van der Waals surface area contributed by atoms with Crippen LogP contribution >= 0.6 is 39.7 Å². The monoisotopic (exact) mass is 349 g/mol. The largest absolute Gasteiger partial charge is 0.345 e. The second-order valence-electron chi connectivity index (χ2n) is 3.25. The van der Waals surface area contributed by atoms with E-state index in [1.807, 2.05) is 12.1 Å². The van der Waals surface area contributed by atoms with E-state index in [2.05, 4.69) is 30.8 Å². The minimum absolute atomic E-state index is 0.193. The molecule has 0 saturated carbocycles. The molecular weight excluding hydrogens is 344 g/mol. The van der Waals surface area contributed by atoms with E-state index in [4.69, 9.17) is 12.2 Å². The molecule has 1 aromatic carbocycles. The molecule has 8 heteroatoms. The maximum Gasteiger partial charge on any atom is 0.283 e. The summed E-state index contributed by atoms with van der Waals surface area (Å²) < 4.78 is 29.6. The first-order chi connectivity index (χ1) is 8.58. The van der Waals surface area contributed by atoms with Gasteiger partial charge in [0.25, 0.3) is 6.43 Å². The summed E-state index contributed by atoms with van der Waals surface area (Å²) in [5.74, 6) is 0. The third-order valence-electron chi connectivity index (χ3n) is 2.01. The molecule has 0 amide bonds. The van der Waals surface area contributed by atoms with E-state index in [0.717, 1.165) is 16.0 Å². The number of alkyl halides is 2. The molecule has 3 nitrogen and oxygen atoms in total. The van der Waals surface area contributed by atoms with Gasteiger partial charge in [-0.2, -0.15) is 0 Å². The summed E-state index contributed by atoms with van der Waals surface area (Å²) in [4.78, 5) is 0.387. The quantitative estimate of drug-likeness (QED) is 0.849. The molecule has 0 saturated heterocycles. The Morgan fingerprint density at radius 1 is 1.44 bits per heavy atom. The Balaban J connectivity index is 2.20. The van der Waals surface area contributed by atoms with Crippen LogP contribution < -0.4 is 5.32 Å². The molecule has 2 rings (SSSR count). The highest BCUT2D eigenvalue weighted by Crippen LogP contribution is 2.24. The van der Waals surface area contributed by atoms with Crippen LogP contribution in [0.3, 0.4) is 0 Å². The van der Waals surface area contributed by atoms with Gasteiger partial charge in [-0.25, -0.2) is 8.78 Å². The van der Waals surface area contributed by atoms with Crippen molar-refractivity contribution < 1.29 is 8.78 Å². The summed E-state index contributed by atoms with van der Waals surface area (Å²) in [6.07, 6.45) is -2.68. The lowest BCUT2D eigenvalue weighted by Crippen LogP contribution is -2.11. The Kier molecular flexibility index (Phi) is 4.31. The molecule has 0 fully saturated rings. The van der Waals surface area contributed by atoms with Crippen molar-refractivity contribution in [3.8, 4) is 0 Å². The zero-order valence-corrected chi connectivity index (χ0v) is 12.0. The van der Waals surface area contributed by atoms with Crippen molar-refractivity contribution in [1.82, 2.24) is 9.59 Å². The number of nitrogens with zero attached hydrogens (tertiary/aromatic N) is 2. The fourth-order valence-corrected chi connectivity index (χ4v) is 2.55. The van der Waals surface area contributed by atoms with Crippen LogP contribution in [0.5, 0.6) is 0 Å². The number of benzene rings is 1. The average molecular weight is 350 g/mol. The van der Waals surface area contributed by atoms with Crippen molar-refractivity contribution in [2.45, 2.75) is 6.43 Å². The molecule has 2 aromatic rings. The van der Waals surface area contributed by atoms with Crippen LogP contribution in [0.2, 0.25) is 0 Å². The third-order valence-corrected chi connectivity index (χ3v) is 3.70. The van der Waals surface area contributed by atoms with Gasteiger partial charge in [-0.1, -0.05) is 38.7 Å². The summed E-state index contributed by atoms with van der Waals surface area (Å²) in [5.41, 5.74) is 0.329. The normalized spacial score (nSPS) is 10.7. The van der Waals surface area contributed by atoms with Gasteiger partial charge >= 0.3 is 0 Å². The molecular formula is C10H6BrF2N3S2. The second kappa shape index (κ2) is 5.77. The van der Waals surface area contributed by atoms with Crippen LogP contribution in [-0.2, 0) is 0 Å². The molecule has 0 bridgehead atoms. The van der Waals surface area contributed by atoms with Gasteiger partial charge in [-0.15, -0.1) is 5.10 Å². The van der Waals surface area contributed by atoms with E-state index in [1.54, 1.807) is 12.1 Å². The Hall–Kier alpha value is -0.990. The Morgan fingerprint density at radius 3 is 2.89 bits per heavy atom. The van der Waals surface area contributed by atoms with E-state index in [9.17, 15) is 8.78 Å². The van der Waals surface area contributed by atoms with Gasteiger partial charge in [0.1, 0.15) is 9.87 Å². The van der Waals surface area contributed by atoms with Crippen molar-refractivity contribution in [2.24, 2.45) is 0 Å². The number of thiocarbonyl (C=S) groups is 1. The number of anilines is 1. The van der Waals surface area contributed by atoms with Gasteiger partial charge in [0.15, 0.2) is 5.69 Å². The van der Waals surface area contributed by atoms with Gasteiger partial charge in [-0.3, -0.25) is 0 Å². The van der Waals surface area contributed by atoms with Gasteiger partial charge in [-0.05, 0) is 29.7 Å². The summed E-state index contributed by atoms with van der Waals surface area (Å²) in [6, 6.07) is 7.25. The molecule has 1 N–H and O–H groups in total. The molecule has 0 unspecified atom stereocenters. The zero-order valence-electron chi connectivity index (χ0n) is 8.73. The fraction of sp³-hybridized carbons (Fsp3) is 0.100. The van der Waals surface area contributed by atoms with Crippen LogP contribution in [0.25, 0.3) is 0 Å². The van der Waals surface area contributed by atoms with Crippen LogP contribution in [0.1, 0.15) is 17.0 Å². The number of halogens is 3. The molecule has 0 radical (unpaired) electrons. The maximum absolute atomic E-state index is 12.6. The van der Waals surface area contributed by atoms with E-state index in [1.165, 1.54) is 0 Å². The SMILES string of the molecule is FC(F)c1nnsc1C(=S)Nc1cccc(Br)c1. The molecule has 94 valence electrons. The minimum Gasteiger partial charge on any atom is -0.345 e. The zero-order chi connectivity index (χ0) is 13.1. The topological polar surface area (TPSA) is 37.8 Å². The molecule has 0 spiro atoms. The molecule has 18 heavy (non-hydrogen) atoms. The molecule has 0 aliphatic rings. The Bertz CT molecular complexity index is 574. The van der Waals surface area contributed by atoms with Crippen LogP contribution in [-0.4, -0.2) is 14.6 Å². The third kappa shape index (κ3) is 3.06. The molecule has 1 aromatic heterocycles. The predicted octanol–water partition coefficient (Wildman–Crippen LogP) is 4.03. The average Bonchev–Trinajstić information content (AvgIpc) is 2.77. The van der Waals surface area contributed by atoms with E-state index >= 15 is 0 Å². The smallest absolute Gasteiger partial charge is 0.283 e. The van der Waals surface area contributed by atoms with Crippen LogP contribution in [0.4, 0.5) is 14.5 Å². The minimum atomic E-state index is -2.68. The fourth-order valence-electron chi connectivity index (χ4n) is 1.25. The lowest BCUT2D eigenvalue weighted by atomic mass is 10.3. The van der Waals surface area contributed by atoms with Crippen LogP contribution in [0, 0.1) is 0 Å². The van der Waals surface area contributed by atoms with Gasteiger partial charge in [0.05, 0.1) is 0 Å². The summed E-state index contributed by atoms with van der Waals surface area (Å²) in [7, 11) is 0. The first-order valence-corrected chi connectivity index (χ1v) is 6.72. The highest BCUT2D eigenvalue weighted by molar-refractivity contribution is 9.10. The van der Waals surface area contributed by atoms with Gasteiger partial charge < -0.3 is 5.32 Å². The molecule has 0 aliphatic carbocycles. The van der Waals surface area contributed by atoms with Gasteiger partial charge in [0.2, 0.25) is 0 Å². The summed E-state index contributed by atoms with van der Waals surface area (Å²) in [6.45, 7) is 0. The molecule has 0 aliphatic heterocycles. The maximum atomic E-state index is 12.6. The Morgan fingerprint density at radius 2 is 2.22 bits per heavy atom. The molecule has 0 atom stereocenters. The second-order valence-corrected chi connectivity index (χ2v) is 5.33. The number of aromatic nitrogens is 2. The van der Waals surface area contributed by atoms with Crippen molar-refractivity contribution in [1.29, 1.82) is 0 Å². The number of rotatable bonds is 3. The standard InChI is InChI=1S/C10H6BrF2N3S2/c11-5-2-1-3-6(4-5)14-10(17)8-7(9(12)13)15-16-18-8/h1-4,9H,(H,14,17). The first kappa shape index (κ1) is 13.4. The van der Waals surface area contributed by atoms with E-state index in [-0.39, 0.29) is 15.6 Å². The van der Waals surface area contributed by atoms with E-state index < -0.39 is 6.43 Å². The predicted molar refractivity (Wildman–Crippen MR) is 74.3 cm³/mol. The highest BCUT2D eigenvalue weighted by atomic mass is 79.9. The van der Waals surface area contributed by atoms with Crippen molar-refractivity contribution in [2.75, 3.05) is 5.32 Å². The Labute approximate surface area is 120 Å². The first-order valence-electron chi connectivity index (χ1n) is 4.75. The van der Waals surface area contributed by atoms with E-state index in [0.29, 0.717) is 5.69 Å². The summed E-state index contributed by atoms with van der Waals surface area (Å²) in [5, 5.41) is 6.26.